The number of hydrogen-bond acceptors (Lipinski definition) is 2. The Balaban J connectivity index is 2.66. The SMILES string of the molecule is CCCc1c(C(=O)CC)ccc2cc(OC)ccc12. The van der Waals surface area contributed by atoms with E-state index < -0.39 is 0 Å². The minimum Gasteiger partial charge on any atom is -0.497 e. The van der Waals surface area contributed by atoms with Crippen molar-refractivity contribution in [3.63, 3.8) is 0 Å². The molecule has 0 aromatic heterocycles. The minimum absolute atomic E-state index is 0.223. The molecule has 0 aliphatic carbocycles. The second-order valence-corrected chi connectivity index (χ2v) is 4.71. The molecule has 0 saturated heterocycles. The van der Waals surface area contributed by atoms with Gasteiger partial charge in [-0.2, -0.15) is 0 Å². The molecule has 100 valence electrons. The number of ketones is 1. The van der Waals surface area contributed by atoms with Gasteiger partial charge in [-0.25, -0.2) is 0 Å². The van der Waals surface area contributed by atoms with Crippen molar-refractivity contribution in [2.24, 2.45) is 0 Å². The van der Waals surface area contributed by atoms with E-state index in [0.717, 1.165) is 29.5 Å². The first kappa shape index (κ1) is 13.6. The van der Waals surface area contributed by atoms with Crippen LogP contribution in [0.15, 0.2) is 30.3 Å². The van der Waals surface area contributed by atoms with Crippen LogP contribution in [0.5, 0.6) is 5.75 Å². The molecular formula is C17H20O2. The van der Waals surface area contributed by atoms with Crippen molar-refractivity contribution in [2.75, 3.05) is 7.11 Å². The summed E-state index contributed by atoms with van der Waals surface area (Å²) in [5.74, 6) is 1.07. The lowest BCUT2D eigenvalue weighted by Crippen LogP contribution is -2.03. The molecule has 0 radical (unpaired) electrons. The first-order valence-electron chi connectivity index (χ1n) is 6.84. The van der Waals surface area contributed by atoms with Gasteiger partial charge >= 0.3 is 0 Å². The van der Waals surface area contributed by atoms with Crippen LogP contribution in [0.25, 0.3) is 10.8 Å². The Kier molecular flexibility index (Phi) is 4.20. The maximum atomic E-state index is 12.1. The molecule has 2 aromatic rings. The molecule has 0 bridgehead atoms. The number of carbonyl (C=O) groups is 1. The van der Waals surface area contributed by atoms with Crippen LogP contribution in [0.2, 0.25) is 0 Å². The van der Waals surface area contributed by atoms with Gasteiger partial charge in [-0.15, -0.1) is 0 Å². The number of carbonyl (C=O) groups excluding carboxylic acids is 1. The van der Waals surface area contributed by atoms with Gasteiger partial charge in [-0.1, -0.05) is 38.5 Å². The highest BCUT2D eigenvalue weighted by Crippen LogP contribution is 2.28. The molecular weight excluding hydrogens is 236 g/mol. The van der Waals surface area contributed by atoms with Crippen molar-refractivity contribution in [2.45, 2.75) is 33.1 Å². The monoisotopic (exact) mass is 256 g/mol. The summed E-state index contributed by atoms with van der Waals surface area (Å²) >= 11 is 0. The van der Waals surface area contributed by atoms with Crippen LogP contribution >= 0.6 is 0 Å². The lowest BCUT2D eigenvalue weighted by Gasteiger charge is -2.12. The number of rotatable bonds is 5. The van der Waals surface area contributed by atoms with Gasteiger partial charge in [0.15, 0.2) is 5.78 Å². The fourth-order valence-corrected chi connectivity index (χ4v) is 2.47. The van der Waals surface area contributed by atoms with E-state index in [4.69, 9.17) is 4.74 Å². The summed E-state index contributed by atoms with van der Waals surface area (Å²) in [6, 6.07) is 10.0. The Morgan fingerprint density at radius 1 is 1.16 bits per heavy atom. The molecule has 2 nitrogen and oxygen atoms in total. The minimum atomic E-state index is 0.223. The Morgan fingerprint density at radius 2 is 1.95 bits per heavy atom. The maximum absolute atomic E-state index is 12.1. The van der Waals surface area contributed by atoms with E-state index in [-0.39, 0.29) is 5.78 Å². The van der Waals surface area contributed by atoms with Crippen molar-refractivity contribution < 1.29 is 9.53 Å². The number of fused-ring (bicyclic) bond motifs is 1. The standard InChI is InChI=1S/C17H20O2/c1-4-6-15-14-10-8-13(19-3)11-12(14)7-9-16(15)17(18)5-2/h7-11H,4-6H2,1-3H3. The fourth-order valence-electron chi connectivity index (χ4n) is 2.47. The summed E-state index contributed by atoms with van der Waals surface area (Å²) in [6.07, 6.45) is 2.53. The average Bonchev–Trinajstić information content (AvgIpc) is 2.46. The summed E-state index contributed by atoms with van der Waals surface area (Å²) < 4.78 is 5.25. The summed E-state index contributed by atoms with van der Waals surface area (Å²) in [6.45, 7) is 4.05. The Labute approximate surface area is 114 Å². The normalized spacial score (nSPS) is 10.7. The largest absolute Gasteiger partial charge is 0.497 e. The molecule has 2 rings (SSSR count). The molecule has 0 fully saturated rings. The van der Waals surface area contributed by atoms with Crippen molar-refractivity contribution in [3.8, 4) is 5.75 Å². The molecule has 0 N–H and O–H groups in total. The molecule has 0 unspecified atom stereocenters. The highest BCUT2D eigenvalue weighted by atomic mass is 16.5. The summed E-state index contributed by atoms with van der Waals surface area (Å²) in [5, 5.41) is 2.30. The zero-order valence-corrected chi connectivity index (χ0v) is 11.8. The maximum Gasteiger partial charge on any atom is 0.162 e. The van der Waals surface area contributed by atoms with E-state index >= 15 is 0 Å². The van der Waals surface area contributed by atoms with Crippen molar-refractivity contribution in [3.05, 3.63) is 41.5 Å². The zero-order valence-electron chi connectivity index (χ0n) is 11.8. The summed E-state index contributed by atoms with van der Waals surface area (Å²) in [4.78, 5) is 12.1. The third-order valence-electron chi connectivity index (χ3n) is 3.46. The van der Waals surface area contributed by atoms with E-state index in [1.165, 1.54) is 10.9 Å². The fraction of sp³-hybridized carbons (Fsp3) is 0.353. The van der Waals surface area contributed by atoms with E-state index in [9.17, 15) is 4.79 Å². The lowest BCUT2D eigenvalue weighted by atomic mass is 9.93. The highest BCUT2D eigenvalue weighted by molar-refractivity contribution is 6.02. The van der Waals surface area contributed by atoms with Crippen LogP contribution in [-0.4, -0.2) is 12.9 Å². The summed E-state index contributed by atoms with van der Waals surface area (Å²) in [5.41, 5.74) is 2.05. The summed E-state index contributed by atoms with van der Waals surface area (Å²) in [7, 11) is 1.67. The van der Waals surface area contributed by atoms with Crippen molar-refractivity contribution in [1.29, 1.82) is 0 Å². The van der Waals surface area contributed by atoms with Gasteiger partial charge in [0.1, 0.15) is 5.75 Å². The Morgan fingerprint density at radius 3 is 2.58 bits per heavy atom. The molecule has 0 saturated carbocycles. The third kappa shape index (κ3) is 2.62. The van der Waals surface area contributed by atoms with Crippen molar-refractivity contribution in [1.82, 2.24) is 0 Å². The first-order chi connectivity index (χ1) is 9.21. The number of ether oxygens (including phenoxy) is 1. The molecule has 0 atom stereocenters. The van der Waals surface area contributed by atoms with Crippen LogP contribution in [0.3, 0.4) is 0 Å². The van der Waals surface area contributed by atoms with E-state index in [0.29, 0.717) is 6.42 Å². The van der Waals surface area contributed by atoms with Crippen LogP contribution in [-0.2, 0) is 6.42 Å². The predicted octanol–water partition coefficient (Wildman–Crippen LogP) is 4.39. The van der Waals surface area contributed by atoms with Gasteiger partial charge in [0, 0.05) is 12.0 Å². The number of aryl methyl sites for hydroxylation is 1. The first-order valence-corrected chi connectivity index (χ1v) is 6.84. The molecule has 0 spiro atoms. The average molecular weight is 256 g/mol. The Bertz CT molecular complexity index is 599. The van der Waals surface area contributed by atoms with Crippen LogP contribution in [0.1, 0.15) is 42.6 Å². The molecule has 2 aromatic carbocycles. The topological polar surface area (TPSA) is 26.3 Å². The van der Waals surface area contributed by atoms with Crippen molar-refractivity contribution >= 4 is 16.6 Å². The quantitative estimate of drug-likeness (QED) is 0.741. The van der Waals surface area contributed by atoms with E-state index in [1.807, 2.05) is 31.2 Å². The molecule has 19 heavy (non-hydrogen) atoms. The van der Waals surface area contributed by atoms with Gasteiger partial charge in [0.2, 0.25) is 0 Å². The smallest absolute Gasteiger partial charge is 0.162 e. The molecule has 0 aliphatic heterocycles. The molecule has 0 heterocycles. The second-order valence-electron chi connectivity index (χ2n) is 4.71. The number of Topliss-reactive ketones (excluding diaryl/α,β-unsaturated/α-hetero) is 1. The van der Waals surface area contributed by atoms with Gasteiger partial charge < -0.3 is 4.74 Å². The highest BCUT2D eigenvalue weighted by Gasteiger charge is 2.12. The predicted molar refractivity (Wildman–Crippen MR) is 79.1 cm³/mol. The van der Waals surface area contributed by atoms with Crippen LogP contribution < -0.4 is 4.74 Å². The molecule has 0 amide bonds. The van der Waals surface area contributed by atoms with E-state index in [1.54, 1.807) is 7.11 Å². The van der Waals surface area contributed by atoms with Crippen LogP contribution in [0, 0.1) is 0 Å². The second kappa shape index (κ2) is 5.87. The van der Waals surface area contributed by atoms with Gasteiger partial charge in [0.25, 0.3) is 0 Å². The van der Waals surface area contributed by atoms with Gasteiger partial charge in [-0.3, -0.25) is 4.79 Å². The molecule has 0 aliphatic rings. The zero-order chi connectivity index (χ0) is 13.8. The number of methoxy groups -OCH3 is 1. The molecule has 2 heteroatoms. The Hall–Kier alpha value is -1.83. The third-order valence-corrected chi connectivity index (χ3v) is 3.46. The van der Waals surface area contributed by atoms with Gasteiger partial charge in [0.05, 0.1) is 7.11 Å². The van der Waals surface area contributed by atoms with Crippen LogP contribution in [0.4, 0.5) is 0 Å². The van der Waals surface area contributed by atoms with E-state index in [2.05, 4.69) is 13.0 Å². The number of benzene rings is 2. The van der Waals surface area contributed by atoms with Gasteiger partial charge in [-0.05, 0) is 34.9 Å². The number of hydrogen-bond donors (Lipinski definition) is 0. The lowest BCUT2D eigenvalue weighted by molar-refractivity contribution is 0.0987.